The zero-order valence-electron chi connectivity index (χ0n) is 16.0. The molecule has 0 radical (unpaired) electrons. The van der Waals surface area contributed by atoms with Crippen molar-refractivity contribution in [2.24, 2.45) is 5.14 Å². The number of pyridine rings is 1. The number of aromatic nitrogens is 1. The number of amides is 1. The highest BCUT2D eigenvalue weighted by atomic mass is 32.2. The lowest BCUT2D eigenvalue weighted by molar-refractivity contribution is -0.137. The lowest BCUT2D eigenvalue weighted by Gasteiger charge is -2.13. The minimum absolute atomic E-state index is 0.0401. The number of nitrogens with two attached hydrogens (primary N) is 1. The highest BCUT2D eigenvalue weighted by Crippen LogP contribution is 2.34. The molecule has 3 N–H and O–H groups in total. The fraction of sp³-hybridized carbons (Fsp3) is 0.100. The van der Waals surface area contributed by atoms with Crippen LogP contribution < -0.4 is 10.5 Å². The number of alkyl halides is 3. The first-order valence-electron chi connectivity index (χ1n) is 8.77. The highest BCUT2D eigenvalue weighted by molar-refractivity contribution is 7.89. The average molecular weight is 471 g/mol. The van der Waals surface area contributed by atoms with E-state index in [1.807, 2.05) is 0 Å². The fourth-order valence-corrected chi connectivity index (χ4v) is 3.70. The maximum atomic E-state index is 13.3. The third kappa shape index (κ3) is 5.65. The predicted octanol–water partition coefficient (Wildman–Crippen LogP) is 3.87. The van der Waals surface area contributed by atoms with Crippen molar-refractivity contribution in [3.63, 3.8) is 0 Å². The van der Waals surface area contributed by atoms with Gasteiger partial charge in [-0.15, -0.1) is 0 Å². The van der Waals surface area contributed by atoms with Crippen LogP contribution in [0.15, 0.2) is 59.8 Å². The fourth-order valence-electron chi connectivity index (χ4n) is 2.92. The van der Waals surface area contributed by atoms with Crippen molar-refractivity contribution in [3.8, 4) is 11.1 Å². The number of nitrogens with zero attached hydrogens (tertiary/aromatic N) is 1. The summed E-state index contributed by atoms with van der Waals surface area (Å²) in [6.07, 6.45) is -3.49. The topological polar surface area (TPSA) is 102 Å². The Kier molecular flexibility index (Phi) is 6.28. The van der Waals surface area contributed by atoms with E-state index < -0.39 is 50.6 Å². The smallest absolute Gasteiger partial charge is 0.326 e. The number of halogens is 5. The van der Waals surface area contributed by atoms with Crippen LogP contribution in [0.1, 0.15) is 11.1 Å². The molecule has 168 valence electrons. The van der Waals surface area contributed by atoms with Gasteiger partial charge in [0.1, 0.15) is 11.6 Å². The first-order chi connectivity index (χ1) is 14.8. The van der Waals surface area contributed by atoms with Crippen LogP contribution in [0.2, 0.25) is 0 Å². The third-order valence-electron chi connectivity index (χ3n) is 4.24. The summed E-state index contributed by atoms with van der Waals surface area (Å²) in [4.78, 5) is 15.2. The summed E-state index contributed by atoms with van der Waals surface area (Å²) in [5.74, 6) is -2.46. The van der Waals surface area contributed by atoms with Crippen LogP contribution in [0.3, 0.4) is 0 Å². The molecular formula is C20H14F5N3O3S. The standard InChI is InChI=1S/C20H14F5N3O3S/c21-14-3-11(4-15(22)7-14)5-19(29)28-16-1-2-17(18(8-16)32(26,30)31)12-6-13(10-27-9-12)20(23,24)25/h1-4,6-10H,5H2,(H,28,29)(H2,26,30,31). The Balaban J connectivity index is 1.93. The number of hydrogen-bond acceptors (Lipinski definition) is 4. The third-order valence-corrected chi connectivity index (χ3v) is 5.19. The van der Waals surface area contributed by atoms with Gasteiger partial charge < -0.3 is 5.32 Å². The molecule has 0 aliphatic carbocycles. The van der Waals surface area contributed by atoms with Crippen LogP contribution in [-0.4, -0.2) is 19.3 Å². The summed E-state index contributed by atoms with van der Waals surface area (Å²) >= 11 is 0. The van der Waals surface area contributed by atoms with Crippen LogP contribution in [0.5, 0.6) is 0 Å². The molecular weight excluding hydrogens is 457 g/mol. The largest absolute Gasteiger partial charge is 0.417 e. The van der Waals surface area contributed by atoms with Crippen molar-refractivity contribution in [2.45, 2.75) is 17.5 Å². The first kappa shape index (κ1) is 23.3. The van der Waals surface area contributed by atoms with Crippen molar-refractivity contribution in [3.05, 3.63) is 77.6 Å². The van der Waals surface area contributed by atoms with E-state index in [0.29, 0.717) is 18.3 Å². The van der Waals surface area contributed by atoms with Crippen molar-refractivity contribution in [1.29, 1.82) is 0 Å². The summed E-state index contributed by atoms with van der Waals surface area (Å²) in [5.41, 5.74) is -1.40. The van der Waals surface area contributed by atoms with Gasteiger partial charge in [0.2, 0.25) is 15.9 Å². The van der Waals surface area contributed by atoms with Crippen LogP contribution >= 0.6 is 0 Å². The Morgan fingerprint density at radius 1 is 1.00 bits per heavy atom. The maximum absolute atomic E-state index is 13.3. The van der Waals surface area contributed by atoms with E-state index in [1.54, 1.807) is 0 Å². The minimum Gasteiger partial charge on any atom is -0.326 e. The molecule has 2 aromatic carbocycles. The molecule has 1 amide bonds. The van der Waals surface area contributed by atoms with Gasteiger partial charge in [0.15, 0.2) is 0 Å². The molecule has 3 rings (SSSR count). The van der Waals surface area contributed by atoms with Gasteiger partial charge in [-0.05, 0) is 35.9 Å². The van der Waals surface area contributed by atoms with E-state index in [0.717, 1.165) is 30.5 Å². The number of carbonyl (C=O) groups is 1. The second-order valence-electron chi connectivity index (χ2n) is 6.72. The molecule has 0 saturated carbocycles. The van der Waals surface area contributed by atoms with E-state index in [-0.39, 0.29) is 22.4 Å². The molecule has 32 heavy (non-hydrogen) atoms. The lowest BCUT2D eigenvalue weighted by atomic mass is 10.0. The number of benzene rings is 2. The highest BCUT2D eigenvalue weighted by Gasteiger charge is 2.31. The summed E-state index contributed by atoms with van der Waals surface area (Å²) in [6.45, 7) is 0. The number of carbonyl (C=O) groups excluding carboxylic acids is 1. The van der Waals surface area contributed by atoms with E-state index in [4.69, 9.17) is 5.14 Å². The Labute approximate surface area is 178 Å². The van der Waals surface area contributed by atoms with Gasteiger partial charge in [-0.25, -0.2) is 22.3 Å². The van der Waals surface area contributed by atoms with Gasteiger partial charge >= 0.3 is 6.18 Å². The Hall–Kier alpha value is -3.38. The van der Waals surface area contributed by atoms with Gasteiger partial charge in [0.25, 0.3) is 0 Å². The number of nitrogens with one attached hydrogen (secondary N) is 1. The monoisotopic (exact) mass is 471 g/mol. The van der Waals surface area contributed by atoms with Crippen LogP contribution in [0.25, 0.3) is 11.1 Å². The SMILES string of the molecule is NS(=O)(=O)c1cc(NC(=O)Cc2cc(F)cc(F)c2)ccc1-c1cncc(C(F)(F)F)c1. The van der Waals surface area contributed by atoms with Crippen molar-refractivity contribution >= 4 is 21.6 Å². The zero-order valence-corrected chi connectivity index (χ0v) is 16.8. The molecule has 1 aromatic heterocycles. The Morgan fingerprint density at radius 2 is 1.66 bits per heavy atom. The number of sulfonamides is 1. The van der Waals surface area contributed by atoms with Gasteiger partial charge in [0, 0.05) is 35.3 Å². The quantitative estimate of drug-likeness (QED) is 0.552. The van der Waals surface area contributed by atoms with Gasteiger partial charge in [-0.2, -0.15) is 13.2 Å². The number of hydrogen-bond donors (Lipinski definition) is 2. The van der Waals surface area contributed by atoms with Gasteiger partial charge in [-0.1, -0.05) is 6.07 Å². The first-order valence-corrected chi connectivity index (χ1v) is 10.3. The second kappa shape index (κ2) is 8.63. The molecule has 12 heteroatoms. The minimum atomic E-state index is -4.70. The van der Waals surface area contributed by atoms with E-state index >= 15 is 0 Å². The lowest BCUT2D eigenvalue weighted by Crippen LogP contribution is -2.17. The number of primary sulfonamides is 1. The maximum Gasteiger partial charge on any atom is 0.417 e. The summed E-state index contributed by atoms with van der Waals surface area (Å²) in [7, 11) is -4.42. The molecule has 6 nitrogen and oxygen atoms in total. The molecule has 0 aliphatic heterocycles. The van der Waals surface area contributed by atoms with E-state index in [2.05, 4.69) is 10.3 Å². The normalized spacial score (nSPS) is 11.9. The Morgan fingerprint density at radius 3 is 2.25 bits per heavy atom. The number of anilines is 1. The van der Waals surface area contributed by atoms with E-state index in [1.165, 1.54) is 6.07 Å². The molecule has 0 saturated heterocycles. The molecule has 0 spiro atoms. The molecule has 0 unspecified atom stereocenters. The van der Waals surface area contributed by atoms with Crippen molar-refractivity contribution in [1.82, 2.24) is 4.98 Å². The number of rotatable bonds is 5. The molecule has 0 fully saturated rings. The van der Waals surface area contributed by atoms with Crippen LogP contribution in [0, 0.1) is 11.6 Å². The molecule has 0 aliphatic rings. The predicted molar refractivity (Wildman–Crippen MR) is 105 cm³/mol. The molecule has 0 bridgehead atoms. The van der Waals surface area contributed by atoms with E-state index in [9.17, 15) is 35.2 Å². The van der Waals surface area contributed by atoms with Crippen molar-refractivity contribution in [2.75, 3.05) is 5.32 Å². The summed E-state index contributed by atoms with van der Waals surface area (Å²) < 4.78 is 89.6. The zero-order chi connectivity index (χ0) is 23.7. The molecule has 3 aromatic rings. The van der Waals surface area contributed by atoms with Crippen LogP contribution in [0.4, 0.5) is 27.6 Å². The van der Waals surface area contributed by atoms with Crippen molar-refractivity contribution < 1.29 is 35.2 Å². The average Bonchev–Trinajstić information content (AvgIpc) is 2.66. The van der Waals surface area contributed by atoms with Gasteiger partial charge in [0.05, 0.1) is 16.9 Å². The second-order valence-corrected chi connectivity index (χ2v) is 8.25. The van der Waals surface area contributed by atoms with Crippen LogP contribution in [-0.2, 0) is 27.4 Å². The summed E-state index contributed by atoms with van der Waals surface area (Å²) in [6, 6.07) is 6.65. The molecule has 1 heterocycles. The summed E-state index contributed by atoms with van der Waals surface area (Å²) in [5, 5.41) is 7.57. The van der Waals surface area contributed by atoms with Gasteiger partial charge in [-0.3, -0.25) is 9.78 Å². The Bertz CT molecular complexity index is 1270. The molecule has 0 atom stereocenters.